The summed E-state index contributed by atoms with van der Waals surface area (Å²) >= 11 is 1.57. The Morgan fingerprint density at radius 2 is 2.10 bits per heavy atom. The van der Waals surface area contributed by atoms with E-state index in [0.29, 0.717) is 0 Å². The van der Waals surface area contributed by atoms with E-state index in [0.717, 1.165) is 5.75 Å². The maximum atomic E-state index is 8.06. The van der Waals surface area contributed by atoms with Gasteiger partial charge in [-0.05, 0) is 11.8 Å². The van der Waals surface area contributed by atoms with Crippen LogP contribution in [-0.2, 0) is 0 Å². The minimum Gasteiger partial charge on any atom is -0.410 e. The van der Waals surface area contributed by atoms with Gasteiger partial charge in [0.15, 0.2) is 0 Å². The van der Waals surface area contributed by atoms with Gasteiger partial charge in [-0.25, -0.2) is 0 Å². The number of nitrogens with zero attached hydrogens (tertiary/aromatic N) is 1. The fraction of sp³-hybridized carbons (Fsp3) is 0.833. The molecule has 0 aliphatic rings. The average molecular weight is 177 g/mol. The third-order valence-corrected chi connectivity index (χ3v) is 3.89. The Kier molecular flexibility index (Phi) is 4.81. The molecule has 0 heterocycles. The summed E-state index contributed by atoms with van der Waals surface area (Å²) in [5, 5.41) is 11.0. The normalized spacial score (nSPS) is 12.7. The molecule has 2 nitrogen and oxygen atoms in total. The van der Waals surface area contributed by atoms with Gasteiger partial charge < -0.3 is 5.21 Å². The van der Waals surface area contributed by atoms with Crippen LogP contribution in [0.5, 0.6) is 0 Å². The van der Waals surface area contributed by atoms with E-state index in [4.69, 9.17) is 5.21 Å². The fourth-order valence-corrected chi connectivity index (χ4v) is 3.54. The highest BCUT2D eigenvalue weighted by molar-refractivity contribution is 8.12. The van der Waals surface area contributed by atoms with Crippen molar-refractivity contribution in [3.8, 4) is 0 Å². The van der Waals surface area contributed by atoms with Crippen LogP contribution >= 0.6 is 11.8 Å². The summed E-state index contributed by atoms with van der Waals surface area (Å²) in [5.41, 5.74) is 1.49. The third-order valence-electron chi connectivity index (χ3n) is 1.09. The van der Waals surface area contributed by atoms with Crippen LogP contribution in [0, 0.1) is 0 Å². The van der Waals surface area contributed by atoms with Gasteiger partial charge in [0.05, 0.1) is 5.55 Å². The first-order valence-electron chi connectivity index (χ1n) is 3.34. The lowest BCUT2D eigenvalue weighted by atomic mass is 11.0. The average Bonchev–Trinajstić information content (AvgIpc) is 1.78. The second-order valence-electron chi connectivity index (χ2n) is 3.40. The summed E-state index contributed by atoms with van der Waals surface area (Å²) in [6.45, 7) is 7.01. The highest BCUT2D eigenvalue weighted by Crippen LogP contribution is 2.11. The molecule has 0 bridgehead atoms. The van der Waals surface area contributed by atoms with Crippen molar-refractivity contribution in [2.45, 2.75) is 25.7 Å². The van der Waals surface area contributed by atoms with Crippen molar-refractivity contribution in [2.75, 3.05) is 5.75 Å². The van der Waals surface area contributed by atoms with E-state index in [9.17, 15) is 0 Å². The lowest BCUT2D eigenvalue weighted by Crippen LogP contribution is -2.19. The van der Waals surface area contributed by atoms with Gasteiger partial charge >= 0.3 is 0 Å². The largest absolute Gasteiger partial charge is 0.410 e. The first-order chi connectivity index (χ1) is 4.56. The molecule has 0 aliphatic carbocycles. The molecule has 0 aliphatic heterocycles. The van der Waals surface area contributed by atoms with Crippen molar-refractivity contribution in [1.29, 1.82) is 0 Å². The summed E-state index contributed by atoms with van der Waals surface area (Å²) < 4.78 is 0. The van der Waals surface area contributed by atoms with Crippen LogP contribution in [0.25, 0.3) is 0 Å². The van der Waals surface area contributed by atoms with Crippen LogP contribution < -0.4 is 0 Å². The smallest absolute Gasteiger partial charge is 0.0991 e. The number of thioether (sulfide) groups is 1. The molecule has 0 rings (SSSR count). The molecular formula is C6H15NOSSi. The Hall–Kier alpha value is 0.0369. The molecule has 60 valence electrons. The van der Waals surface area contributed by atoms with Gasteiger partial charge in [-0.2, -0.15) is 0 Å². The van der Waals surface area contributed by atoms with Crippen LogP contribution in [0.3, 0.4) is 0 Å². The maximum Gasteiger partial charge on any atom is 0.0991 e. The van der Waals surface area contributed by atoms with Crippen molar-refractivity contribution in [3.05, 3.63) is 0 Å². The summed E-state index contributed by atoms with van der Waals surface area (Å²) in [7, 11) is -0.871. The molecule has 1 N–H and O–H groups in total. The molecule has 0 atom stereocenters. The lowest BCUT2D eigenvalue weighted by molar-refractivity contribution is 0.323. The highest BCUT2D eigenvalue weighted by Gasteiger charge is 2.11. The molecule has 0 fully saturated rings. The molecule has 0 aromatic heterocycles. The number of oxime groups is 1. The second kappa shape index (κ2) is 4.79. The molecule has 10 heavy (non-hydrogen) atoms. The molecule has 0 saturated carbocycles. The first kappa shape index (κ1) is 10.0. The predicted octanol–water partition coefficient (Wildman–Crippen LogP) is 2.48. The molecule has 0 aromatic rings. The summed E-state index contributed by atoms with van der Waals surface area (Å²) in [5.74, 6) is 1.08. The number of rotatable bonds is 4. The topological polar surface area (TPSA) is 32.6 Å². The van der Waals surface area contributed by atoms with E-state index in [1.807, 2.05) is 0 Å². The van der Waals surface area contributed by atoms with E-state index in [1.54, 1.807) is 11.8 Å². The quantitative estimate of drug-likeness (QED) is 0.179. The van der Waals surface area contributed by atoms with E-state index < -0.39 is 8.07 Å². The monoisotopic (exact) mass is 177 g/mol. The number of hydrogen-bond donors (Lipinski definition) is 1. The zero-order valence-electron chi connectivity index (χ0n) is 6.79. The maximum absolute atomic E-state index is 8.06. The van der Waals surface area contributed by atoms with Gasteiger partial charge in [-0.1, -0.05) is 24.8 Å². The zero-order chi connectivity index (χ0) is 8.04. The zero-order valence-corrected chi connectivity index (χ0v) is 8.61. The van der Waals surface area contributed by atoms with Crippen molar-refractivity contribution in [2.24, 2.45) is 5.16 Å². The van der Waals surface area contributed by atoms with Gasteiger partial charge in [0.1, 0.15) is 0 Å². The van der Waals surface area contributed by atoms with E-state index >= 15 is 0 Å². The van der Waals surface area contributed by atoms with Crippen LogP contribution in [0.1, 0.15) is 0 Å². The van der Waals surface area contributed by atoms with E-state index in [1.165, 1.54) is 11.6 Å². The van der Waals surface area contributed by atoms with Gasteiger partial charge in [-0.15, -0.1) is 11.8 Å². The molecule has 0 amide bonds. The van der Waals surface area contributed by atoms with Crippen LogP contribution in [0.2, 0.25) is 25.7 Å². The van der Waals surface area contributed by atoms with Crippen molar-refractivity contribution in [3.63, 3.8) is 0 Å². The molecule has 4 heteroatoms. The Bertz CT molecular complexity index is 111. The van der Waals surface area contributed by atoms with Crippen LogP contribution in [0.4, 0.5) is 0 Å². The number of hydrogen-bond acceptors (Lipinski definition) is 3. The van der Waals surface area contributed by atoms with Crippen molar-refractivity contribution < 1.29 is 5.21 Å². The minimum atomic E-state index is -0.871. The standard InChI is InChI=1S/C6H15NOSSi/c1-10(2,3)5-4-9-6-7-8/h6,8H,4-5H2,1-3H3. The Morgan fingerprint density at radius 1 is 1.50 bits per heavy atom. The van der Waals surface area contributed by atoms with E-state index in [-0.39, 0.29) is 0 Å². The molecule has 0 spiro atoms. The van der Waals surface area contributed by atoms with Gasteiger partial charge in [-0.3, -0.25) is 0 Å². The summed E-state index contributed by atoms with van der Waals surface area (Å²) in [6, 6.07) is 1.28. The first-order valence-corrected chi connectivity index (χ1v) is 8.09. The minimum absolute atomic E-state index is 0.871. The second-order valence-corrected chi connectivity index (χ2v) is 9.98. The Morgan fingerprint density at radius 3 is 2.50 bits per heavy atom. The van der Waals surface area contributed by atoms with Crippen molar-refractivity contribution >= 4 is 25.4 Å². The SMILES string of the molecule is C[Si](C)(C)CCSC=NO. The predicted molar refractivity (Wildman–Crippen MR) is 50.9 cm³/mol. The highest BCUT2D eigenvalue weighted by atomic mass is 32.2. The molecule has 0 radical (unpaired) electrons. The van der Waals surface area contributed by atoms with Crippen LogP contribution in [-0.4, -0.2) is 24.6 Å². The third kappa shape index (κ3) is 8.04. The molecule has 0 unspecified atom stereocenters. The molecular weight excluding hydrogens is 162 g/mol. The lowest BCUT2D eigenvalue weighted by Gasteiger charge is -2.13. The van der Waals surface area contributed by atoms with Gasteiger partial charge in [0.25, 0.3) is 0 Å². The van der Waals surface area contributed by atoms with E-state index in [2.05, 4.69) is 24.8 Å². The van der Waals surface area contributed by atoms with Gasteiger partial charge in [0, 0.05) is 8.07 Å². The molecule has 0 aromatic carbocycles. The molecule has 0 saturated heterocycles. The fourth-order valence-electron chi connectivity index (χ4n) is 0.451. The summed E-state index contributed by atoms with van der Waals surface area (Å²) in [6.07, 6.45) is 0. The summed E-state index contributed by atoms with van der Waals surface area (Å²) in [4.78, 5) is 0. The van der Waals surface area contributed by atoms with Crippen LogP contribution in [0.15, 0.2) is 5.16 Å². The Labute approximate surface area is 67.7 Å². The Balaban J connectivity index is 3.20. The van der Waals surface area contributed by atoms with Crippen molar-refractivity contribution in [1.82, 2.24) is 0 Å². The van der Waals surface area contributed by atoms with Gasteiger partial charge in [0.2, 0.25) is 0 Å².